The summed E-state index contributed by atoms with van der Waals surface area (Å²) in [6.45, 7) is 1.87. The summed E-state index contributed by atoms with van der Waals surface area (Å²) in [7, 11) is 0. The molecular formula is C18H13BrN4O2S. The molecule has 0 unspecified atom stereocenters. The van der Waals surface area contributed by atoms with Crippen LogP contribution in [0.4, 0.5) is 5.82 Å². The van der Waals surface area contributed by atoms with Gasteiger partial charge in [-0.15, -0.1) is 11.3 Å². The van der Waals surface area contributed by atoms with Crippen LogP contribution in [0.2, 0.25) is 0 Å². The van der Waals surface area contributed by atoms with Crippen molar-refractivity contribution in [2.24, 2.45) is 0 Å². The molecule has 1 aromatic carbocycles. The third kappa shape index (κ3) is 3.33. The summed E-state index contributed by atoms with van der Waals surface area (Å²) in [5.74, 6) is 1.05. The van der Waals surface area contributed by atoms with Crippen molar-refractivity contribution in [1.82, 2.24) is 14.8 Å². The summed E-state index contributed by atoms with van der Waals surface area (Å²) in [4.78, 5) is 17.1. The molecule has 130 valence electrons. The first kappa shape index (κ1) is 16.7. The van der Waals surface area contributed by atoms with E-state index in [-0.39, 0.29) is 5.91 Å². The lowest BCUT2D eigenvalue weighted by atomic mass is 10.2. The molecule has 3 heterocycles. The van der Waals surface area contributed by atoms with Gasteiger partial charge in [0.05, 0.1) is 12.0 Å². The van der Waals surface area contributed by atoms with Gasteiger partial charge < -0.3 is 9.73 Å². The zero-order valence-corrected chi connectivity index (χ0v) is 16.0. The van der Waals surface area contributed by atoms with Crippen LogP contribution < -0.4 is 5.32 Å². The summed E-state index contributed by atoms with van der Waals surface area (Å²) in [6, 6.07) is 12.6. The van der Waals surface area contributed by atoms with E-state index in [4.69, 9.17) is 4.42 Å². The summed E-state index contributed by atoms with van der Waals surface area (Å²) in [5.41, 5.74) is 2.08. The molecule has 26 heavy (non-hydrogen) atoms. The molecule has 0 fully saturated rings. The van der Waals surface area contributed by atoms with E-state index in [2.05, 4.69) is 31.3 Å². The van der Waals surface area contributed by atoms with Gasteiger partial charge >= 0.3 is 0 Å². The van der Waals surface area contributed by atoms with E-state index in [9.17, 15) is 4.79 Å². The Labute approximate surface area is 161 Å². The lowest BCUT2D eigenvalue weighted by molar-refractivity contribution is 0.102. The van der Waals surface area contributed by atoms with E-state index in [1.807, 2.05) is 42.6 Å². The minimum absolute atomic E-state index is 0.207. The van der Waals surface area contributed by atoms with Crippen molar-refractivity contribution in [2.45, 2.75) is 6.92 Å². The van der Waals surface area contributed by atoms with Crippen molar-refractivity contribution in [1.29, 1.82) is 0 Å². The van der Waals surface area contributed by atoms with E-state index in [0.29, 0.717) is 22.3 Å². The third-order valence-electron chi connectivity index (χ3n) is 3.63. The average molecular weight is 429 g/mol. The van der Waals surface area contributed by atoms with Crippen molar-refractivity contribution in [3.05, 3.63) is 69.8 Å². The molecule has 6 nitrogen and oxygen atoms in total. The van der Waals surface area contributed by atoms with Crippen LogP contribution in [0, 0.1) is 6.92 Å². The van der Waals surface area contributed by atoms with Gasteiger partial charge in [-0.3, -0.25) is 4.79 Å². The maximum atomic E-state index is 12.5. The van der Waals surface area contributed by atoms with Crippen molar-refractivity contribution in [3.8, 4) is 16.6 Å². The van der Waals surface area contributed by atoms with Crippen LogP contribution in [0.5, 0.6) is 0 Å². The summed E-state index contributed by atoms with van der Waals surface area (Å²) in [6.07, 6.45) is 1.61. The van der Waals surface area contributed by atoms with Gasteiger partial charge in [-0.1, -0.05) is 15.9 Å². The number of furan rings is 1. The van der Waals surface area contributed by atoms with Gasteiger partial charge in [0.25, 0.3) is 5.91 Å². The van der Waals surface area contributed by atoms with Crippen LogP contribution in [0.3, 0.4) is 0 Å². The number of aryl methyl sites for hydroxylation is 1. The molecule has 0 bridgehead atoms. The van der Waals surface area contributed by atoms with Crippen molar-refractivity contribution in [2.75, 3.05) is 5.32 Å². The molecule has 3 aromatic heterocycles. The Kier molecular flexibility index (Phi) is 4.44. The van der Waals surface area contributed by atoms with Crippen molar-refractivity contribution in [3.63, 3.8) is 0 Å². The zero-order valence-electron chi connectivity index (χ0n) is 13.6. The van der Waals surface area contributed by atoms with Gasteiger partial charge in [0, 0.05) is 21.5 Å². The quantitative estimate of drug-likeness (QED) is 0.500. The first-order chi connectivity index (χ1) is 12.6. The summed E-state index contributed by atoms with van der Waals surface area (Å²) < 4.78 is 7.92. The monoisotopic (exact) mass is 428 g/mol. The lowest BCUT2D eigenvalue weighted by Gasteiger charge is -2.06. The number of anilines is 1. The van der Waals surface area contributed by atoms with Gasteiger partial charge in [-0.25, -0.2) is 4.98 Å². The van der Waals surface area contributed by atoms with E-state index >= 15 is 0 Å². The Morgan fingerprint density at radius 2 is 2.08 bits per heavy atom. The molecule has 4 rings (SSSR count). The number of amides is 1. The van der Waals surface area contributed by atoms with Crippen LogP contribution in [0.25, 0.3) is 16.6 Å². The first-order valence-electron chi connectivity index (χ1n) is 7.73. The number of aromatic nitrogens is 3. The zero-order chi connectivity index (χ0) is 18.1. The van der Waals surface area contributed by atoms with Gasteiger partial charge in [-0.05, 0) is 43.3 Å². The highest BCUT2D eigenvalue weighted by Crippen LogP contribution is 2.26. The highest BCUT2D eigenvalue weighted by molar-refractivity contribution is 9.10. The maximum Gasteiger partial charge on any atom is 0.256 e. The Bertz CT molecular complexity index is 1050. The number of nitrogens with zero attached hydrogens (tertiary/aromatic N) is 3. The molecule has 8 heteroatoms. The number of carbonyl (C=O) groups is 1. The fourth-order valence-corrected chi connectivity index (χ4v) is 3.46. The smallest absolute Gasteiger partial charge is 0.256 e. The summed E-state index contributed by atoms with van der Waals surface area (Å²) >= 11 is 4.79. The lowest BCUT2D eigenvalue weighted by Crippen LogP contribution is -2.15. The van der Waals surface area contributed by atoms with Crippen LogP contribution in [-0.2, 0) is 0 Å². The Balaban J connectivity index is 1.63. The Hall–Kier alpha value is -2.71. The second kappa shape index (κ2) is 6.89. The SMILES string of the molecule is Cc1cc(NC(=O)c2ccc(Br)cc2)n(-c2nc(-c3ccco3)cs2)n1. The molecule has 0 aliphatic heterocycles. The Morgan fingerprint density at radius 3 is 2.81 bits per heavy atom. The van der Waals surface area contributed by atoms with E-state index < -0.39 is 0 Å². The molecule has 0 saturated heterocycles. The number of rotatable bonds is 4. The Morgan fingerprint density at radius 1 is 1.27 bits per heavy atom. The first-order valence-corrected chi connectivity index (χ1v) is 9.41. The number of hydrogen-bond acceptors (Lipinski definition) is 5. The molecule has 0 atom stereocenters. The van der Waals surface area contributed by atoms with E-state index in [1.54, 1.807) is 23.1 Å². The second-order valence-electron chi connectivity index (χ2n) is 5.54. The van der Waals surface area contributed by atoms with Gasteiger partial charge in [-0.2, -0.15) is 9.78 Å². The fourth-order valence-electron chi connectivity index (χ4n) is 2.42. The number of hydrogen-bond donors (Lipinski definition) is 1. The fraction of sp³-hybridized carbons (Fsp3) is 0.0556. The second-order valence-corrected chi connectivity index (χ2v) is 7.29. The average Bonchev–Trinajstić information content (AvgIpc) is 3.35. The number of benzene rings is 1. The standard InChI is InChI=1S/C18H13BrN4O2S/c1-11-9-16(21-17(24)12-4-6-13(19)7-5-12)23(22-11)18-20-14(10-26-18)15-3-2-8-25-15/h2-10H,1H3,(H,21,24). The number of nitrogens with one attached hydrogen (secondary N) is 1. The van der Waals surface area contributed by atoms with Gasteiger partial charge in [0.2, 0.25) is 5.13 Å². The van der Waals surface area contributed by atoms with Crippen molar-refractivity contribution < 1.29 is 9.21 Å². The largest absolute Gasteiger partial charge is 0.463 e. The predicted octanol–water partition coefficient (Wildman–Crippen LogP) is 4.91. The number of carbonyl (C=O) groups excluding carboxylic acids is 1. The molecule has 4 aromatic rings. The highest BCUT2D eigenvalue weighted by atomic mass is 79.9. The predicted molar refractivity (Wildman–Crippen MR) is 104 cm³/mol. The van der Waals surface area contributed by atoms with Crippen LogP contribution in [0.15, 0.2) is 63.0 Å². The topological polar surface area (TPSA) is 73.0 Å². The van der Waals surface area contributed by atoms with Crippen LogP contribution in [-0.4, -0.2) is 20.7 Å². The number of halogens is 1. The third-order valence-corrected chi connectivity index (χ3v) is 4.97. The molecule has 0 spiro atoms. The summed E-state index contributed by atoms with van der Waals surface area (Å²) in [5, 5.41) is 9.89. The molecular weight excluding hydrogens is 416 g/mol. The van der Waals surface area contributed by atoms with Gasteiger partial charge in [0.1, 0.15) is 11.5 Å². The molecule has 0 aliphatic rings. The van der Waals surface area contributed by atoms with E-state index in [0.717, 1.165) is 15.9 Å². The van der Waals surface area contributed by atoms with Gasteiger partial charge in [0.15, 0.2) is 5.76 Å². The maximum absolute atomic E-state index is 12.5. The van der Waals surface area contributed by atoms with Crippen LogP contribution >= 0.6 is 27.3 Å². The highest BCUT2D eigenvalue weighted by Gasteiger charge is 2.16. The minimum atomic E-state index is -0.207. The van der Waals surface area contributed by atoms with E-state index in [1.165, 1.54) is 11.3 Å². The molecule has 0 aliphatic carbocycles. The molecule has 0 radical (unpaired) electrons. The van der Waals surface area contributed by atoms with Crippen molar-refractivity contribution >= 4 is 39.0 Å². The molecule has 1 amide bonds. The normalized spacial score (nSPS) is 10.8. The van der Waals surface area contributed by atoms with Crippen LogP contribution in [0.1, 0.15) is 16.1 Å². The minimum Gasteiger partial charge on any atom is -0.463 e. The molecule has 0 saturated carbocycles. The molecule has 1 N–H and O–H groups in total. The number of thiazole rings is 1.